The van der Waals surface area contributed by atoms with Crippen molar-refractivity contribution in [1.29, 1.82) is 0 Å². The molecular weight excluding hydrogens is 241 g/mol. The summed E-state index contributed by atoms with van der Waals surface area (Å²) in [4.78, 5) is 11.2. The van der Waals surface area contributed by atoms with Crippen molar-refractivity contribution < 1.29 is 23.8 Å². The minimum atomic E-state index is -1.73. The number of halogens is 1. The molecular formula is C12H16FNO4. The Morgan fingerprint density at radius 3 is 2.72 bits per heavy atom. The summed E-state index contributed by atoms with van der Waals surface area (Å²) in [7, 11) is 2.63. The highest BCUT2D eigenvalue weighted by Gasteiger charge is 2.31. The summed E-state index contributed by atoms with van der Waals surface area (Å²) in [6.45, 7) is 1.10. The molecule has 0 spiro atoms. The van der Waals surface area contributed by atoms with E-state index in [0.29, 0.717) is 5.75 Å². The van der Waals surface area contributed by atoms with Gasteiger partial charge in [0.1, 0.15) is 11.6 Å². The normalized spacial score (nSPS) is 13.6. The minimum Gasteiger partial charge on any atom is -0.497 e. The topological polar surface area (TPSA) is 67.8 Å². The zero-order valence-corrected chi connectivity index (χ0v) is 10.5. The predicted octanol–water partition coefficient (Wildman–Crippen LogP) is 1.17. The summed E-state index contributed by atoms with van der Waals surface area (Å²) in [5.74, 6) is -0.827. The molecule has 5 nitrogen and oxygen atoms in total. The fourth-order valence-corrected chi connectivity index (χ4v) is 1.33. The summed E-state index contributed by atoms with van der Waals surface area (Å²) in [5.41, 5.74) is -1.59. The molecule has 2 N–H and O–H groups in total. The van der Waals surface area contributed by atoms with E-state index in [1.165, 1.54) is 39.3 Å². The van der Waals surface area contributed by atoms with E-state index in [1.54, 1.807) is 0 Å². The molecule has 100 valence electrons. The van der Waals surface area contributed by atoms with Gasteiger partial charge in [0.05, 0.1) is 26.5 Å². The van der Waals surface area contributed by atoms with Crippen LogP contribution in [0.3, 0.4) is 0 Å². The maximum absolute atomic E-state index is 13.4. The molecule has 0 heterocycles. The number of rotatable bonds is 5. The Labute approximate surface area is 105 Å². The largest absolute Gasteiger partial charge is 0.497 e. The van der Waals surface area contributed by atoms with Crippen molar-refractivity contribution in [2.75, 3.05) is 26.1 Å². The Balaban J connectivity index is 2.77. The second-order valence-electron chi connectivity index (χ2n) is 3.96. The molecule has 1 aromatic carbocycles. The van der Waals surface area contributed by atoms with Crippen LogP contribution in [-0.4, -0.2) is 37.4 Å². The van der Waals surface area contributed by atoms with Gasteiger partial charge in [0, 0.05) is 6.07 Å². The smallest absolute Gasteiger partial charge is 0.339 e. The van der Waals surface area contributed by atoms with E-state index in [4.69, 9.17) is 4.74 Å². The fourth-order valence-electron chi connectivity index (χ4n) is 1.33. The molecule has 0 amide bonds. The average Bonchev–Trinajstić information content (AvgIpc) is 2.36. The van der Waals surface area contributed by atoms with Gasteiger partial charge in [-0.15, -0.1) is 0 Å². The maximum atomic E-state index is 13.4. The fraction of sp³-hybridized carbons (Fsp3) is 0.417. The molecule has 0 aliphatic heterocycles. The van der Waals surface area contributed by atoms with Gasteiger partial charge in [-0.25, -0.2) is 9.18 Å². The number of carbonyl (C=O) groups excluding carboxylic acids is 1. The van der Waals surface area contributed by atoms with Gasteiger partial charge in [0.25, 0.3) is 0 Å². The first kappa shape index (κ1) is 14.2. The van der Waals surface area contributed by atoms with Gasteiger partial charge in [-0.3, -0.25) is 0 Å². The van der Waals surface area contributed by atoms with Gasteiger partial charge < -0.3 is 19.9 Å². The monoisotopic (exact) mass is 257 g/mol. The number of methoxy groups -OCH3 is 2. The summed E-state index contributed by atoms with van der Waals surface area (Å²) in [5, 5.41) is 12.4. The van der Waals surface area contributed by atoms with Crippen LogP contribution in [0.4, 0.5) is 10.1 Å². The summed E-state index contributed by atoms with van der Waals surface area (Å²) in [6.07, 6.45) is 0. The van der Waals surface area contributed by atoms with E-state index < -0.39 is 17.4 Å². The molecule has 0 saturated carbocycles. The van der Waals surface area contributed by atoms with Crippen LogP contribution in [0.1, 0.15) is 6.92 Å². The summed E-state index contributed by atoms with van der Waals surface area (Å²) in [6, 6.07) is 4.13. The van der Waals surface area contributed by atoms with Crippen molar-refractivity contribution >= 4 is 11.7 Å². The first-order valence-electron chi connectivity index (χ1n) is 5.29. The third kappa shape index (κ3) is 3.33. The quantitative estimate of drug-likeness (QED) is 0.775. The van der Waals surface area contributed by atoms with E-state index in [0.717, 1.165) is 0 Å². The molecule has 0 aromatic heterocycles. The lowest BCUT2D eigenvalue weighted by Gasteiger charge is -2.21. The lowest BCUT2D eigenvalue weighted by atomic mass is 10.1. The zero-order chi connectivity index (χ0) is 13.8. The van der Waals surface area contributed by atoms with Gasteiger partial charge in [0.15, 0.2) is 5.60 Å². The van der Waals surface area contributed by atoms with Crippen LogP contribution >= 0.6 is 0 Å². The van der Waals surface area contributed by atoms with Gasteiger partial charge in [-0.2, -0.15) is 0 Å². The Bertz CT molecular complexity index is 434. The molecule has 0 radical (unpaired) electrons. The predicted molar refractivity (Wildman–Crippen MR) is 64.1 cm³/mol. The number of aliphatic hydroxyl groups is 1. The molecule has 0 bridgehead atoms. The highest BCUT2D eigenvalue weighted by atomic mass is 19.1. The lowest BCUT2D eigenvalue weighted by molar-refractivity contribution is -0.158. The van der Waals surface area contributed by atoms with Crippen molar-refractivity contribution in [2.24, 2.45) is 0 Å². The molecule has 6 heteroatoms. The minimum absolute atomic E-state index is 0.138. The number of carbonyl (C=O) groups is 1. The third-order valence-electron chi connectivity index (χ3n) is 2.42. The van der Waals surface area contributed by atoms with Gasteiger partial charge in [-0.1, -0.05) is 0 Å². The van der Waals surface area contributed by atoms with Crippen molar-refractivity contribution in [1.82, 2.24) is 0 Å². The molecule has 1 atom stereocenters. The highest BCUT2D eigenvalue weighted by Crippen LogP contribution is 2.21. The Morgan fingerprint density at radius 2 is 2.17 bits per heavy atom. The maximum Gasteiger partial charge on any atom is 0.339 e. The van der Waals surface area contributed by atoms with E-state index in [-0.39, 0.29) is 12.2 Å². The van der Waals surface area contributed by atoms with Crippen LogP contribution in [0.15, 0.2) is 18.2 Å². The second-order valence-corrected chi connectivity index (χ2v) is 3.96. The average molecular weight is 257 g/mol. The van der Waals surface area contributed by atoms with Crippen LogP contribution in [0.5, 0.6) is 5.75 Å². The van der Waals surface area contributed by atoms with Crippen molar-refractivity contribution in [3.8, 4) is 5.75 Å². The van der Waals surface area contributed by atoms with E-state index in [9.17, 15) is 14.3 Å². The summed E-state index contributed by atoms with van der Waals surface area (Å²) < 4.78 is 22.8. The number of ether oxygens (including phenoxy) is 2. The standard InChI is InChI=1S/C12H16FNO4/c1-12(16,11(15)18-3)7-14-10-6-8(17-2)4-5-9(10)13/h4-6,14,16H,7H2,1-3H3. The number of benzene rings is 1. The van der Waals surface area contributed by atoms with E-state index >= 15 is 0 Å². The first-order valence-corrected chi connectivity index (χ1v) is 5.29. The van der Waals surface area contributed by atoms with Crippen LogP contribution in [0, 0.1) is 5.82 Å². The molecule has 18 heavy (non-hydrogen) atoms. The van der Waals surface area contributed by atoms with E-state index in [2.05, 4.69) is 10.1 Å². The molecule has 1 aromatic rings. The third-order valence-corrected chi connectivity index (χ3v) is 2.42. The van der Waals surface area contributed by atoms with Crippen LogP contribution in [-0.2, 0) is 9.53 Å². The molecule has 1 unspecified atom stereocenters. The summed E-state index contributed by atoms with van der Waals surface area (Å²) >= 11 is 0. The van der Waals surface area contributed by atoms with Crippen LogP contribution < -0.4 is 10.1 Å². The molecule has 0 fully saturated rings. The SMILES string of the molecule is COC(=O)C(C)(O)CNc1cc(OC)ccc1F. The molecule has 1 rings (SSSR count). The number of hydrogen-bond donors (Lipinski definition) is 2. The lowest BCUT2D eigenvalue weighted by Crippen LogP contribution is -2.42. The van der Waals surface area contributed by atoms with Crippen molar-refractivity contribution in [3.63, 3.8) is 0 Å². The number of anilines is 1. The van der Waals surface area contributed by atoms with E-state index in [1.807, 2.05) is 0 Å². The van der Waals surface area contributed by atoms with Gasteiger partial charge >= 0.3 is 5.97 Å². The Morgan fingerprint density at radius 1 is 1.50 bits per heavy atom. The van der Waals surface area contributed by atoms with Gasteiger partial charge in [0.2, 0.25) is 0 Å². The molecule has 0 saturated heterocycles. The number of nitrogens with one attached hydrogen (secondary N) is 1. The number of esters is 1. The first-order chi connectivity index (χ1) is 8.40. The second kappa shape index (κ2) is 5.68. The highest BCUT2D eigenvalue weighted by molar-refractivity contribution is 5.79. The number of hydrogen-bond acceptors (Lipinski definition) is 5. The van der Waals surface area contributed by atoms with Gasteiger partial charge in [-0.05, 0) is 19.1 Å². The Hall–Kier alpha value is -1.82. The molecule has 0 aliphatic carbocycles. The van der Waals surface area contributed by atoms with Crippen LogP contribution in [0.25, 0.3) is 0 Å². The van der Waals surface area contributed by atoms with Crippen molar-refractivity contribution in [2.45, 2.75) is 12.5 Å². The van der Waals surface area contributed by atoms with Crippen LogP contribution in [0.2, 0.25) is 0 Å². The molecule has 0 aliphatic rings. The Kier molecular flexibility index (Phi) is 4.49. The zero-order valence-electron chi connectivity index (χ0n) is 10.5. The van der Waals surface area contributed by atoms with Crippen molar-refractivity contribution in [3.05, 3.63) is 24.0 Å².